The molecule has 0 bridgehead atoms. The molecule has 2 N–H and O–H groups in total. The molecule has 0 aliphatic heterocycles. The summed E-state index contributed by atoms with van der Waals surface area (Å²) in [6.07, 6.45) is 0.126. The Balaban J connectivity index is 2.66. The number of carboxylic acids is 1. The van der Waals surface area contributed by atoms with Crippen molar-refractivity contribution in [2.75, 3.05) is 0 Å². The third kappa shape index (κ3) is 3.75. The number of hydrogen-bond donors (Lipinski definition) is 2. The van der Waals surface area contributed by atoms with Gasteiger partial charge in [0.05, 0.1) is 0 Å². The Morgan fingerprint density at radius 3 is 2.67 bits per heavy atom. The normalized spacial score (nSPS) is 12.1. The van der Waals surface area contributed by atoms with E-state index in [1.807, 2.05) is 0 Å². The van der Waals surface area contributed by atoms with Gasteiger partial charge in [-0.3, -0.25) is 4.79 Å². The second kappa shape index (κ2) is 4.97. The lowest BCUT2D eigenvalue weighted by Gasteiger charge is -2.10. The standard InChI is InChI=1S/C9H10BrNO4/c1-5(12)11-7(9(13)14)4-6-2-3-8(10)15-6/h2-3,7H,4H2,1H3,(H,11,12)(H,13,14). The van der Waals surface area contributed by atoms with Crippen molar-refractivity contribution in [1.29, 1.82) is 0 Å². The monoisotopic (exact) mass is 275 g/mol. The minimum Gasteiger partial charge on any atom is -0.480 e. The highest BCUT2D eigenvalue weighted by atomic mass is 79.9. The molecule has 0 saturated carbocycles. The lowest BCUT2D eigenvalue weighted by Crippen LogP contribution is -2.41. The van der Waals surface area contributed by atoms with Gasteiger partial charge in [0.1, 0.15) is 11.8 Å². The number of rotatable bonds is 4. The van der Waals surface area contributed by atoms with Crippen molar-refractivity contribution in [3.63, 3.8) is 0 Å². The lowest BCUT2D eigenvalue weighted by atomic mass is 10.1. The number of halogens is 1. The van der Waals surface area contributed by atoms with E-state index in [0.717, 1.165) is 0 Å². The number of carboxylic acid groups (broad SMARTS) is 1. The van der Waals surface area contributed by atoms with E-state index in [0.29, 0.717) is 10.4 Å². The van der Waals surface area contributed by atoms with Crippen molar-refractivity contribution in [3.05, 3.63) is 22.6 Å². The van der Waals surface area contributed by atoms with Crippen LogP contribution in [0.5, 0.6) is 0 Å². The Morgan fingerprint density at radius 2 is 2.27 bits per heavy atom. The van der Waals surface area contributed by atoms with Gasteiger partial charge in [0.2, 0.25) is 5.91 Å². The summed E-state index contributed by atoms with van der Waals surface area (Å²) >= 11 is 3.11. The number of aliphatic carboxylic acids is 1. The summed E-state index contributed by atoms with van der Waals surface area (Å²) in [5.74, 6) is -0.964. The maximum atomic E-state index is 10.8. The van der Waals surface area contributed by atoms with E-state index < -0.39 is 12.0 Å². The number of hydrogen-bond acceptors (Lipinski definition) is 3. The minimum absolute atomic E-state index is 0.126. The van der Waals surface area contributed by atoms with Crippen LogP contribution in [-0.2, 0) is 16.0 Å². The molecule has 6 heteroatoms. The van der Waals surface area contributed by atoms with Gasteiger partial charge in [0.15, 0.2) is 4.67 Å². The molecular formula is C9H10BrNO4. The second-order valence-electron chi connectivity index (χ2n) is 3.00. The Hall–Kier alpha value is -1.30. The minimum atomic E-state index is -1.09. The lowest BCUT2D eigenvalue weighted by molar-refractivity contribution is -0.141. The average molecular weight is 276 g/mol. The molecule has 1 atom stereocenters. The van der Waals surface area contributed by atoms with Gasteiger partial charge >= 0.3 is 5.97 Å². The first-order valence-electron chi connectivity index (χ1n) is 4.23. The van der Waals surface area contributed by atoms with E-state index in [9.17, 15) is 9.59 Å². The summed E-state index contributed by atoms with van der Waals surface area (Å²) < 4.78 is 5.68. The molecule has 0 fully saturated rings. The Kier molecular flexibility index (Phi) is 3.90. The zero-order valence-electron chi connectivity index (χ0n) is 7.99. The van der Waals surface area contributed by atoms with Crippen LogP contribution in [0.3, 0.4) is 0 Å². The summed E-state index contributed by atoms with van der Waals surface area (Å²) in [5, 5.41) is 11.1. The highest BCUT2D eigenvalue weighted by molar-refractivity contribution is 9.10. The fourth-order valence-electron chi connectivity index (χ4n) is 1.11. The number of carbonyl (C=O) groups is 2. The molecule has 82 valence electrons. The molecule has 15 heavy (non-hydrogen) atoms. The van der Waals surface area contributed by atoms with Gasteiger partial charge in [-0.05, 0) is 28.1 Å². The summed E-state index contributed by atoms with van der Waals surface area (Å²) in [6.45, 7) is 1.27. The highest BCUT2D eigenvalue weighted by Crippen LogP contribution is 2.15. The van der Waals surface area contributed by atoms with E-state index in [1.54, 1.807) is 12.1 Å². The highest BCUT2D eigenvalue weighted by Gasteiger charge is 2.20. The van der Waals surface area contributed by atoms with Gasteiger partial charge in [-0.1, -0.05) is 0 Å². The van der Waals surface area contributed by atoms with Crippen molar-refractivity contribution >= 4 is 27.8 Å². The molecule has 1 aromatic heterocycles. The van der Waals surface area contributed by atoms with E-state index in [4.69, 9.17) is 9.52 Å². The van der Waals surface area contributed by atoms with Crippen LogP contribution in [0.25, 0.3) is 0 Å². The second-order valence-corrected chi connectivity index (χ2v) is 3.78. The average Bonchev–Trinajstić information content (AvgIpc) is 2.49. The van der Waals surface area contributed by atoms with Gasteiger partial charge in [0, 0.05) is 13.3 Å². The molecule has 5 nitrogen and oxygen atoms in total. The van der Waals surface area contributed by atoms with Gasteiger partial charge in [-0.25, -0.2) is 4.79 Å². The van der Waals surface area contributed by atoms with Gasteiger partial charge in [0.25, 0.3) is 0 Å². The third-order valence-corrected chi connectivity index (χ3v) is 2.14. The molecule has 1 unspecified atom stereocenters. The van der Waals surface area contributed by atoms with Crippen LogP contribution in [0.15, 0.2) is 21.2 Å². The first-order valence-corrected chi connectivity index (χ1v) is 5.02. The van der Waals surface area contributed by atoms with Crippen molar-refractivity contribution in [2.45, 2.75) is 19.4 Å². The van der Waals surface area contributed by atoms with Gasteiger partial charge < -0.3 is 14.8 Å². The van der Waals surface area contributed by atoms with E-state index in [-0.39, 0.29) is 12.3 Å². The van der Waals surface area contributed by atoms with E-state index >= 15 is 0 Å². The van der Waals surface area contributed by atoms with Crippen LogP contribution in [0.1, 0.15) is 12.7 Å². The van der Waals surface area contributed by atoms with Crippen molar-refractivity contribution in [3.8, 4) is 0 Å². The van der Waals surface area contributed by atoms with Crippen LogP contribution in [0.2, 0.25) is 0 Å². The summed E-state index contributed by atoms with van der Waals surface area (Å²) in [4.78, 5) is 21.5. The molecule has 0 spiro atoms. The van der Waals surface area contributed by atoms with E-state index in [1.165, 1.54) is 6.92 Å². The summed E-state index contributed by atoms with van der Waals surface area (Å²) in [7, 11) is 0. The molecule has 1 aromatic rings. The molecule has 1 heterocycles. The Bertz CT molecular complexity index is 374. The molecule has 1 rings (SSSR count). The maximum Gasteiger partial charge on any atom is 0.326 e. The molecule has 0 radical (unpaired) electrons. The van der Waals surface area contributed by atoms with Gasteiger partial charge in [-0.15, -0.1) is 0 Å². The van der Waals surface area contributed by atoms with E-state index in [2.05, 4.69) is 21.2 Å². The summed E-state index contributed by atoms with van der Waals surface area (Å²) in [5.41, 5.74) is 0. The zero-order valence-corrected chi connectivity index (χ0v) is 9.58. The maximum absolute atomic E-state index is 10.8. The number of nitrogens with one attached hydrogen (secondary N) is 1. The van der Waals surface area contributed by atoms with Crippen molar-refractivity contribution in [1.82, 2.24) is 5.32 Å². The number of amides is 1. The number of carbonyl (C=O) groups excluding carboxylic acids is 1. The fraction of sp³-hybridized carbons (Fsp3) is 0.333. The topological polar surface area (TPSA) is 79.5 Å². The van der Waals surface area contributed by atoms with Crippen LogP contribution in [0.4, 0.5) is 0 Å². The van der Waals surface area contributed by atoms with Crippen LogP contribution < -0.4 is 5.32 Å². The molecule has 1 amide bonds. The van der Waals surface area contributed by atoms with Crippen LogP contribution >= 0.6 is 15.9 Å². The van der Waals surface area contributed by atoms with Crippen LogP contribution in [0, 0.1) is 0 Å². The Labute approximate surface area is 94.6 Å². The molecule has 0 aromatic carbocycles. The van der Waals surface area contributed by atoms with Crippen molar-refractivity contribution < 1.29 is 19.1 Å². The summed E-state index contributed by atoms with van der Waals surface area (Å²) in [6, 6.07) is 2.37. The predicted octanol–water partition coefficient (Wildman–Crippen LogP) is 1.17. The van der Waals surface area contributed by atoms with Crippen molar-refractivity contribution in [2.24, 2.45) is 0 Å². The quantitative estimate of drug-likeness (QED) is 0.865. The smallest absolute Gasteiger partial charge is 0.326 e. The zero-order chi connectivity index (χ0) is 11.4. The fourth-order valence-corrected chi connectivity index (χ4v) is 1.45. The first kappa shape index (κ1) is 11.8. The predicted molar refractivity (Wildman–Crippen MR) is 55.4 cm³/mol. The van der Waals surface area contributed by atoms with Gasteiger partial charge in [-0.2, -0.15) is 0 Å². The number of furan rings is 1. The first-order chi connectivity index (χ1) is 6.99. The van der Waals surface area contributed by atoms with Crippen LogP contribution in [-0.4, -0.2) is 23.0 Å². The third-order valence-electron chi connectivity index (χ3n) is 1.71. The molecule has 0 aliphatic rings. The molecule has 0 aliphatic carbocycles. The SMILES string of the molecule is CC(=O)NC(Cc1ccc(Br)o1)C(=O)O. The molecule has 0 saturated heterocycles. The molecular weight excluding hydrogens is 266 g/mol. The Morgan fingerprint density at radius 1 is 1.60 bits per heavy atom. The largest absolute Gasteiger partial charge is 0.480 e.